The van der Waals surface area contributed by atoms with Gasteiger partial charge < -0.3 is 0 Å². The first-order valence-corrected chi connectivity index (χ1v) is 10.9. The van der Waals surface area contributed by atoms with E-state index in [9.17, 15) is 0 Å². The number of thiophene rings is 4. The third kappa shape index (κ3) is 2.56. The van der Waals surface area contributed by atoms with Crippen molar-refractivity contribution in [3.63, 3.8) is 0 Å². The van der Waals surface area contributed by atoms with Crippen molar-refractivity contribution in [1.82, 2.24) is 0 Å². The lowest BCUT2D eigenvalue weighted by Crippen LogP contribution is -1.80. The molecule has 0 radical (unpaired) electrons. The predicted octanol–water partition coefficient (Wildman–Crippen LogP) is 8.22. The smallest absolute Gasteiger partial charge is 0.0529 e. The predicted molar refractivity (Wildman–Crippen MR) is 114 cm³/mol. The third-order valence-corrected chi connectivity index (χ3v) is 7.81. The van der Waals surface area contributed by atoms with E-state index in [4.69, 9.17) is 0 Å². The number of hydrogen-bond acceptors (Lipinski definition) is 4. The first-order chi connectivity index (χ1) is 11.8. The average Bonchev–Trinajstić information content (AvgIpc) is 3.39. The summed E-state index contributed by atoms with van der Waals surface area (Å²) in [6, 6.07) is 8.78. The van der Waals surface area contributed by atoms with Crippen molar-refractivity contribution < 1.29 is 0 Å². The van der Waals surface area contributed by atoms with Crippen LogP contribution in [-0.4, -0.2) is 0 Å². The van der Waals surface area contributed by atoms with Gasteiger partial charge in [-0.3, -0.25) is 0 Å². The van der Waals surface area contributed by atoms with Gasteiger partial charge in [0, 0.05) is 25.8 Å². The van der Waals surface area contributed by atoms with E-state index in [0.717, 1.165) is 5.56 Å². The number of hydrogen-bond donors (Lipinski definition) is 0. The van der Waals surface area contributed by atoms with Crippen molar-refractivity contribution in [2.75, 3.05) is 0 Å². The molecule has 0 spiro atoms. The maximum Gasteiger partial charge on any atom is 0.0529 e. The zero-order chi connectivity index (χ0) is 16.5. The molecule has 24 heavy (non-hydrogen) atoms. The molecule has 4 rings (SSSR count). The van der Waals surface area contributed by atoms with Gasteiger partial charge in [0.25, 0.3) is 0 Å². The normalized spacial score (nSPS) is 10.8. The van der Waals surface area contributed by atoms with Gasteiger partial charge >= 0.3 is 0 Å². The van der Waals surface area contributed by atoms with Gasteiger partial charge in [0.05, 0.1) is 4.88 Å². The summed E-state index contributed by atoms with van der Waals surface area (Å²) in [5, 5.41) is 8.67. The molecule has 4 heteroatoms. The Hall–Kier alpha value is -1.72. The van der Waals surface area contributed by atoms with Crippen molar-refractivity contribution in [3.05, 3.63) is 70.1 Å². The lowest BCUT2D eigenvalue weighted by atomic mass is 10.0. The second-order valence-corrected chi connectivity index (χ2v) is 8.81. The van der Waals surface area contributed by atoms with Gasteiger partial charge in [0.15, 0.2) is 0 Å². The van der Waals surface area contributed by atoms with Crippen LogP contribution in [0.2, 0.25) is 0 Å². The van der Waals surface area contributed by atoms with Gasteiger partial charge in [-0.1, -0.05) is 31.4 Å². The second kappa shape index (κ2) is 6.65. The fraction of sp³-hybridized carbons (Fsp3) is 0. The van der Waals surface area contributed by atoms with Crippen LogP contribution in [0.25, 0.3) is 42.8 Å². The molecule has 0 aromatic carbocycles. The molecule has 0 nitrogen and oxygen atoms in total. The quantitative estimate of drug-likeness (QED) is 0.326. The molecule has 0 fully saturated rings. The lowest BCUT2D eigenvalue weighted by molar-refractivity contribution is 1.75. The monoisotopic (exact) mass is 382 g/mol. The topological polar surface area (TPSA) is 0 Å². The fourth-order valence-electron chi connectivity index (χ4n) is 2.74. The van der Waals surface area contributed by atoms with Crippen LogP contribution in [-0.2, 0) is 0 Å². The van der Waals surface area contributed by atoms with Crippen molar-refractivity contribution in [2.45, 2.75) is 0 Å². The standard InChI is InChI=1S/C20H14S4/c1-3-13-12-24-18(14(13)4-2)15-7-10-22-19(15)16-8-11-23-20(16)17-6-5-9-21-17/h3-12H,1-2H2. The highest BCUT2D eigenvalue weighted by molar-refractivity contribution is 7.21. The van der Waals surface area contributed by atoms with Crippen LogP contribution >= 0.6 is 45.3 Å². The van der Waals surface area contributed by atoms with E-state index < -0.39 is 0 Å². The Labute approximate surface area is 157 Å². The van der Waals surface area contributed by atoms with Crippen LogP contribution in [0.5, 0.6) is 0 Å². The van der Waals surface area contributed by atoms with E-state index in [1.807, 2.05) is 34.8 Å². The molecular weight excluding hydrogens is 368 g/mol. The van der Waals surface area contributed by atoms with E-state index in [0.29, 0.717) is 0 Å². The van der Waals surface area contributed by atoms with Crippen LogP contribution in [0.15, 0.2) is 58.9 Å². The van der Waals surface area contributed by atoms with Gasteiger partial charge in [-0.05, 0) is 50.8 Å². The summed E-state index contributed by atoms with van der Waals surface area (Å²) < 4.78 is 0. The Morgan fingerprint density at radius 1 is 0.708 bits per heavy atom. The molecule has 0 saturated carbocycles. The van der Waals surface area contributed by atoms with Gasteiger partial charge in [-0.15, -0.1) is 45.3 Å². The Bertz CT molecular complexity index is 992. The number of rotatable bonds is 5. The van der Waals surface area contributed by atoms with Crippen LogP contribution in [0.1, 0.15) is 11.1 Å². The summed E-state index contributed by atoms with van der Waals surface area (Å²) in [7, 11) is 0. The van der Waals surface area contributed by atoms with Gasteiger partial charge in [0.2, 0.25) is 0 Å². The highest BCUT2D eigenvalue weighted by Crippen LogP contribution is 2.47. The van der Waals surface area contributed by atoms with Gasteiger partial charge in [0.1, 0.15) is 0 Å². The molecule has 118 valence electrons. The largest absolute Gasteiger partial charge is 0.143 e. The second-order valence-electron chi connectivity index (χ2n) is 5.15. The van der Waals surface area contributed by atoms with E-state index >= 15 is 0 Å². The summed E-state index contributed by atoms with van der Waals surface area (Å²) in [6.07, 6.45) is 3.85. The summed E-state index contributed by atoms with van der Waals surface area (Å²) >= 11 is 7.19. The summed E-state index contributed by atoms with van der Waals surface area (Å²) in [6.45, 7) is 7.92. The van der Waals surface area contributed by atoms with E-state index in [-0.39, 0.29) is 0 Å². The molecular formula is C20H14S4. The molecule has 0 aliphatic carbocycles. The fourth-order valence-corrected chi connectivity index (χ4v) is 6.69. The summed E-state index contributed by atoms with van der Waals surface area (Å²) in [4.78, 5) is 5.30. The Kier molecular flexibility index (Phi) is 4.37. The molecule has 0 N–H and O–H groups in total. The van der Waals surface area contributed by atoms with Crippen molar-refractivity contribution >= 4 is 57.5 Å². The Morgan fingerprint density at radius 3 is 2.12 bits per heavy atom. The van der Waals surface area contributed by atoms with Crippen molar-refractivity contribution in [2.24, 2.45) is 0 Å². The minimum Gasteiger partial charge on any atom is -0.143 e. The molecule has 0 amide bonds. The van der Waals surface area contributed by atoms with Crippen LogP contribution in [0.4, 0.5) is 0 Å². The zero-order valence-corrected chi connectivity index (χ0v) is 16.1. The first-order valence-electron chi connectivity index (χ1n) is 7.39. The van der Waals surface area contributed by atoms with Crippen molar-refractivity contribution in [3.8, 4) is 30.6 Å². The maximum atomic E-state index is 4.00. The van der Waals surface area contributed by atoms with E-state index in [2.05, 4.69) is 58.9 Å². The first kappa shape index (κ1) is 15.8. The SMILES string of the molecule is C=Cc1csc(-c2ccsc2-c2ccsc2-c2cccs2)c1C=C. The highest BCUT2D eigenvalue weighted by Gasteiger charge is 2.18. The van der Waals surface area contributed by atoms with Gasteiger partial charge in [-0.2, -0.15) is 0 Å². The van der Waals surface area contributed by atoms with Crippen LogP contribution in [0.3, 0.4) is 0 Å². The van der Waals surface area contributed by atoms with Gasteiger partial charge in [-0.25, -0.2) is 0 Å². The molecule has 4 heterocycles. The van der Waals surface area contributed by atoms with Crippen LogP contribution in [0, 0.1) is 0 Å². The molecule has 0 aliphatic rings. The Balaban J connectivity index is 1.89. The van der Waals surface area contributed by atoms with E-state index in [1.54, 1.807) is 22.7 Å². The molecule has 0 unspecified atom stereocenters. The molecule has 0 bridgehead atoms. The molecule has 0 saturated heterocycles. The van der Waals surface area contributed by atoms with Crippen molar-refractivity contribution in [1.29, 1.82) is 0 Å². The molecule has 4 aromatic heterocycles. The Morgan fingerprint density at radius 2 is 1.46 bits per heavy atom. The average molecular weight is 383 g/mol. The summed E-state index contributed by atoms with van der Waals surface area (Å²) in [5.74, 6) is 0. The zero-order valence-electron chi connectivity index (χ0n) is 12.8. The third-order valence-electron chi connectivity index (χ3n) is 3.85. The highest BCUT2D eigenvalue weighted by atomic mass is 32.1. The minimum atomic E-state index is 1.16. The molecule has 0 aliphatic heterocycles. The van der Waals surface area contributed by atoms with Crippen LogP contribution < -0.4 is 0 Å². The van der Waals surface area contributed by atoms with E-state index in [1.165, 1.54) is 36.2 Å². The maximum absolute atomic E-state index is 4.00. The lowest BCUT2D eigenvalue weighted by Gasteiger charge is -2.05. The molecule has 4 aromatic rings. The summed E-state index contributed by atoms with van der Waals surface area (Å²) in [5.41, 5.74) is 4.97. The molecule has 0 atom stereocenters. The minimum absolute atomic E-state index is 1.16.